The van der Waals surface area contributed by atoms with Gasteiger partial charge in [-0.05, 0) is 37.5 Å². The van der Waals surface area contributed by atoms with Crippen molar-refractivity contribution in [2.24, 2.45) is 11.3 Å². The van der Waals surface area contributed by atoms with Gasteiger partial charge in [-0.15, -0.1) is 0 Å². The minimum Gasteiger partial charge on any atom is -0.367 e. The molecule has 4 rings (SSSR count). The van der Waals surface area contributed by atoms with Gasteiger partial charge >= 0.3 is 6.18 Å². The number of amides is 1. The summed E-state index contributed by atoms with van der Waals surface area (Å²) >= 11 is 0. The van der Waals surface area contributed by atoms with E-state index < -0.39 is 12.2 Å². The Morgan fingerprint density at radius 3 is 2.47 bits per heavy atom. The van der Waals surface area contributed by atoms with E-state index in [0.717, 1.165) is 49.8 Å². The molecule has 3 aliphatic rings. The third-order valence-electron chi connectivity index (χ3n) is 7.11. The minimum atomic E-state index is -4.35. The SMILES string of the molecule is CC(C)(C)[C@@H]1C[C@H](C(F)(F)F)n2nc([C@@H]3CCCN(C(=O)C4CCCC4)C3)cc2N1. The Hall–Kier alpha value is -1.73. The zero-order chi connectivity index (χ0) is 21.7. The third-order valence-corrected chi connectivity index (χ3v) is 7.11. The Morgan fingerprint density at radius 2 is 1.83 bits per heavy atom. The van der Waals surface area contributed by atoms with Crippen LogP contribution in [-0.2, 0) is 4.79 Å². The number of rotatable bonds is 2. The van der Waals surface area contributed by atoms with Crippen LogP contribution in [0.15, 0.2) is 6.07 Å². The van der Waals surface area contributed by atoms with Gasteiger partial charge < -0.3 is 10.2 Å². The molecule has 0 unspecified atom stereocenters. The molecule has 8 heteroatoms. The maximum atomic E-state index is 13.8. The van der Waals surface area contributed by atoms with Crippen molar-refractivity contribution < 1.29 is 18.0 Å². The van der Waals surface area contributed by atoms with E-state index in [-0.39, 0.29) is 35.6 Å². The van der Waals surface area contributed by atoms with Gasteiger partial charge in [-0.2, -0.15) is 18.3 Å². The smallest absolute Gasteiger partial charge is 0.367 e. The molecular weight excluding hydrogens is 393 g/mol. The second-order valence-electron chi connectivity index (χ2n) is 10.4. The number of anilines is 1. The number of likely N-dealkylation sites (tertiary alicyclic amines) is 1. The molecule has 0 spiro atoms. The van der Waals surface area contributed by atoms with Crippen LogP contribution in [0.1, 0.15) is 83.4 Å². The summed E-state index contributed by atoms with van der Waals surface area (Å²) < 4.78 is 42.6. The van der Waals surface area contributed by atoms with E-state index >= 15 is 0 Å². The summed E-state index contributed by atoms with van der Waals surface area (Å²) in [5.41, 5.74) is 0.374. The van der Waals surface area contributed by atoms with Crippen LogP contribution in [0.5, 0.6) is 0 Å². The Kier molecular flexibility index (Phi) is 5.56. The molecular formula is C22H33F3N4O. The first kappa shape index (κ1) is 21.5. The Bertz CT molecular complexity index is 776. The zero-order valence-corrected chi connectivity index (χ0v) is 18.1. The Morgan fingerprint density at radius 1 is 1.13 bits per heavy atom. The van der Waals surface area contributed by atoms with Crippen LogP contribution in [0.2, 0.25) is 0 Å². The van der Waals surface area contributed by atoms with Crippen LogP contribution in [0.3, 0.4) is 0 Å². The van der Waals surface area contributed by atoms with Gasteiger partial charge in [0.05, 0.1) is 5.69 Å². The molecule has 1 aromatic rings. The first-order valence-electron chi connectivity index (χ1n) is 11.3. The van der Waals surface area contributed by atoms with Crippen molar-refractivity contribution in [3.8, 4) is 0 Å². The topological polar surface area (TPSA) is 50.2 Å². The highest BCUT2D eigenvalue weighted by molar-refractivity contribution is 5.79. The summed E-state index contributed by atoms with van der Waals surface area (Å²) in [6.45, 7) is 7.18. The molecule has 2 fully saturated rings. The van der Waals surface area contributed by atoms with Crippen molar-refractivity contribution in [3.63, 3.8) is 0 Å². The number of hydrogen-bond acceptors (Lipinski definition) is 3. The molecule has 3 heterocycles. The van der Waals surface area contributed by atoms with Crippen LogP contribution in [-0.4, -0.2) is 45.9 Å². The van der Waals surface area contributed by atoms with Gasteiger partial charge in [0.15, 0.2) is 6.04 Å². The predicted octanol–water partition coefficient (Wildman–Crippen LogP) is 5.11. The highest BCUT2D eigenvalue weighted by atomic mass is 19.4. The fourth-order valence-electron chi connectivity index (χ4n) is 5.21. The molecule has 3 atom stereocenters. The molecule has 1 aromatic heterocycles. The van der Waals surface area contributed by atoms with Gasteiger partial charge in [0.25, 0.3) is 0 Å². The van der Waals surface area contributed by atoms with Crippen LogP contribution in [0.25, 0.3) is 0 Å². The second kappa shape index (κ2) is 7.75. The van der Waals surface area contributed by atoms with Gasteiger partial charge in [0.2, 0.25) is 5.91 Å². The average Bonchev–Trinajstić information content (AvgIpc) is 3.34. The summed E-state index contributed by atoms with van der Waals surface area (Å²) in [5.74, 6) is 0.784. The molecule has 1 saturated heterocycles. The Labute approximate surface area is 176 Å². The van der Waals surface area contributed by atoms with Gasteiger partial charge in [-0.25, -0.2) is 4.68 Å². The van der Waals surface area contributed by atoms with Gasteiger partial charge in [0.1, 0.15) is 5.82 Å². The highest BCUT2D eigenvalue weighted by Crippen LogP contribution is 2.44. The van der Waals surface area contributed by atoms with Gasteiger partial charge in [-0.1, -0.05) is 33.6 Å². The third kappa shape index (κ3) is 4.19. The number of carbonyl (C=O) groups excluding carboxylic acids is 1. The number of fused-ring (bicyclic) bond motifs is 1. The lowest BCUT2D eigenvalue weighted by Crippen LogP contribution is -2.44. The van der Waals surface area contributed by atoms with Crippen LogP contribution >= 0.6 is 0 Å². The molecule has 30 heavy (non-hydrogen) atoms. The number of carbonyl (C=O) groups is 1. The fraction of sp³-hybridized carbons (Fsp3) is 0.818. The van der Waals surface area contributed by atoms with Crippen molar-refractivity contribution >= 4 is 11.7 Å². The van der Waals surface area contributed by atoms with Crippen LogP contribution < -0.4 is 5.32 Å². The van der Waals surface area contributed by atoms with E-state index in [4.69, 9.17) is 0 Å². The molecule has 168 valence electrons. The normalized spacial score (nSPS) is 28.3. The average molecular weight is 427 g/mol. The fourth-order valence-corrected chi connectivity index (χ4v) is 5.21. The number of piperidine rings is 1. The van der Waals surface area contributed by atoms with E-state index in [1.165, 1.54) is 0 Å². The van der Waals surface area contributed by atoms with Crippen LogP contribution in [0.4, 0.5) is 19.0 Å². The number of halogens is 3. The van der Waals surface area contributed by atoms with E-state index in [9.17, 15) is 18.0 Å². The van der Waals surface area contributed by atoms with Crippen molar-refractivity contribution in [1.82, 2.24) is 14.7 Å². The van der Waals surface area contributed by atoms with Gasteiger partial charge in [0, 0.05) is 37.0 Å². The summed E-state index contributed by atoms with van der Waals surface area (Å²) in [5, 5.41) is 7.72. The van der Waals surface area contributed by atoms with E-state index in [1.807, 2.05) is 25.7 Å². The quantitative estimate of drug-likeness (QED) is 0.715. The minimum absolute atomic E-state index is 0.00836. The summed E-state index contributed by atoms with van der Waals surface area (Å²) in [6.07, 6.45) is 1.49. The number of alkyl halides is 3. The lowest BCUT2D eigenvalue weighted by molar-refractivity contribution is -0.175. The number of aromatic nitrogens is 2. The zero-order valence-electron chi connectivity index (χ0n) is 18.1. The monoisotopic (exact) mass is 426 g/mol. The second-order valence-corrected chi connectivity index (χ2v) is 10.4. The largest absolute Gasteiger partial charge is 0.410 e. The summed E-state index contributed by atoms with van der Waals surface area (Å²) in [4.78, 5) is 14.8. The van der Waals surface area contributed by atoms with Crippen molar-refractivity contribution in [2.75, 3.05) is 18.4 Å². The molecule has 1 N–H and O–H groups in total. The molecule has 1 aliphatic carbocycles. The molecule has 0 radical (unpaired) electrons. The summed E-state index contributed by atoms with van der Waals surface area (Å²) in [6, 6.07) is -0.121. The number of nitrogens with zero attached hydrogens (tertiary/aromatic N) is 3. The van der Waals surface area contributed by atoms with Crippen molar-refractivity contribution in [3.05, 3.63) is 11.8 Å². The maximum absolute atomic E-state index is 13.8. The highest BCUT2D eigenvalue weighted by Gasteiger charge is 2.48. The molecule has 0 bridgehead atoms. The number of hydrogen-bond donors (Lipinski definition) is 1. The summed E-state index contributed by atoms with van der Waals surface area (Å²) in [7, 11) is 0. The Balaban J connectivity index is 1.56. The van der Waals surface area contributed by atoms with E-state index in [2.05, 4.69) is 10.4 Å². The van der Waals surface area contributed by atoms with Crippen molar-refractivity contribution in [1.29, 1.82) is 0 Å². The predicted molar refractivity (Wildman–Crippen MR) is 109 cm³/mol. The lowest BCUT2D eigenvalue weighted by Gasteiger charge is -2.39. The van der Waals surface area contributed by atoms with Crippen molar-refractivity contribution in [2.45, 2.75) is 89.9 Å². The van der Waals surface area contributed by atoms with Gasteiger partial charge in [-0.3, -0.25) is 4.79 Å². The molecule has 1 amide bonds. The standard InChI is InChI=1S/C22H33F3N4O/c1-21(2,3)17-12-18(22(23,24)25)29-19(26-17)11-16(27-29)15-9-6-10-28(13-15)20(30)14-7-4-5-8-14/h11,14-15,17-18,26H,4-10,12-13H2,1-3H3/t15-,17+,18-/m1/s1. The van der Waals surface area contributed by atoms with Crippen LogP contribution in [0, 0.1) is 11.3 Å². The van der Waals surface area contributed by atoms with E-state index in [0.29, 0.717) is 18.1 Å². The molecule has 1 saturated carbocycles. The number of nitrogens with one attached hydrogen (secondary N) is 1. The lowest BCUT2D eigenvalue weighted by atomic mass is 9.82. The first-order chi connectivity index (χ1) is 14.0. The first-order valence-corrected chi connectivity index (χ1v) is 11.3. The molecule has 0 aromatic carbocycles. The molecule has 2 aliphatic heterocycles. The maximum Gasteiger partial charge on any atom is 0.410 e. The van der Waals surface area contributed by atoms with E-state index in [1.54, 1.807) is 6.07 Å². The molecule has 5 nitrogen and oxygen atoms in total.